The van der Waals surface area contributed by atoms with Crippen molar-refractivity contribution in [2.45, 2.75) is 52.0 Å². The van der Waals surface area contributed by atoms with Crippen LogP contribution in [0.15, 0.2) is 53.1 Å². The molecule has 0 aliphatic carbocycles. The van der Waals surface area contributed by atoms with E-state index in [4.69, 9.17) is 9.26 Å². The number of aromatic nitrogens is 2. The Morgan fingerprint density at radius 3 is 2.65 bits per heavy atom. The van der Waals surface area contributed by atoms with Crippen molar-refractivity contribution in [3.8, 4) is 17.1 Å². The molecular formula is C25H29N3O3. The van der Waals surface area contributed by atoms with Gasteiger partial charge in [0.15, 0.2) is 0 Å². The second kappa shape index (κ2) is 9.77. The van der Waals surface area contributed by atoms with Gasteiger partial charge in [-0.25, -0.2) is 0 Å². The van der Waals surface area contributed by atoms with Gasteiger partial charge in [-0.1, -0.05) is 48.3 Å². The van der Waals surface area contributed by atoms with Crippen LogP contribution in [0, 0.1) is 6.92 Å². The van der Waals surface area contributed by atoms with Crippen molar-refractivity contribution in [1.82, 2.24) is 15.0 Å². The smallest absolute Gasteiger partial charge is 0.254 e. The zero-order valence-electron chi connectivity index (χ0n) is 18.2. The first-order valence-electron chi connectivity index (χ1n) is 11.1. The molecule has 0 bridgehead atoms. The maximum absolute atomic E-state index is 13.3. The van der Waals surface area contributed by atoms with E-state index >= 15 is 0 Å². The summed E-state index contributed by atoms with van der Waals surface area (Å²) in [4.78, 5) is 19.8. The normalized spacial score (nSPS) is 16.3. The minimum atomic E-state index is -0.201. The van der Waals surface area contributed by atoms with Gasteiger partial charge in [0.1, 0.15) is 11.8 Å². The summed E-state index contributed by atoms with van der Waals surface area (Å²) in [5, 5.41) is 4.16. The number of ether oxygens (including phenoxy) is 1. The van der Waals surface area contributed by atoms with Gasteiger partial charge < -0.3 is 14.2 Å². The standard InChI is InChI=1S/C25H29N3O3/c1-3-4-17-30-21-14-12-20(13-15-21)25(29)28-16-6-5-7-22(28)24-26-23(27-31-24)19-10-8-18(2)9-11-19/h8-15,22H,3-7,16-17H2,1-2H3. The highest BCUT2D eigenvalue weighted by Crippen LogP contribution is 2.32. The van der Waals surface area contributed by atoms with Crippen molar-refractivity contribution >= 4 is 5.91 Å². The summed E-state index contributed by atoms with van der Waals surface area (Å²) in [5.74, 6) is 1.84. The molecule has 1 fully saturated rings. The van der Waals surface area contributed by atoms with Crippen LogP contribution in [0.4, 0.5) is 0 Å². The minimum Gasteiger partial charge on any atom is -0.494 e. The average molecular weight is 420 g/mol. The SMILES string of the molecule is CCCCOc1ccc(C(=O)N2CCCCC2c2nc(-c3ccc(C)cc3)no2)cc1. The van der Waals surface area contributed by atoms with Crippen molar-refractivity contribution in [2.24, 2.45) is 0 Å². The summed E-state index contributed by atoms with van der Waals surface area (Å²) in [6.07, 6.45) is 4.93. The average Bonchev–Trinajstić information content (AvgIpc) is 3.30. The minimum absolute atomic E-state index is 0.0140. The second-order valence-electron chi connectivity index (χ2n) is 8.06. The lowest BCUT2D eigenvalue weighted by atomic mass is 10.0. The molecule has 31 heavy (non-hydrogen) atoms. The van der Waals surface area contributed by atoms with E-state index in [1.54, 1.807) is 0 Å². The van der Waals surface area contributed by atoms with E-state index in [1.807, 2.05) is 60.4 Å². The van der Waals surface area contributed by atoms with Crippen molar-refractivity contribution in [1.29, 1.82) is 0 Å². The Morgan fingerprint density at radius 1 is 1.13 bits per heavy atom. The Kier molecular flexibility index (Phi) is 6.65. The number of piperidine rings is 1. The maximum Gasteiger partial charge on any atom is 0.254 e. The van der Waals surface area contributed by atoms with Gasteiger partial charge in [0.2, 0.25) is 11.7 Å². The number of aryl methyl sites for hydroxylation is 1. The summed E-state index contributed by atoms with van der Waals surface area (Å²) in [6, 6.07) is 15.2. The summed E-state index contributed by atoms with van der Waals surface area (Å²) >= 11 is 0. The van der Waals surface area contributed by atoms with Gasteiger partial charge in [-0.15, -0.1) is 0 Å². The molecule has 162 valence electrons. The number of carbonyl (C=O) groups excluding carboxylic acids is 1. The summed E-state index contributed by atoms with van der Waals surface area (Å²) in [6.45, 7) is 5.55. The number of hydrogen-bond donors (Lipinski definition) is 0. The van der Waals surface area contributed by atoms with E-state index in [-0.39, 0.29) is 11.9 Å². The van der Waals surface area contributed by atoms with Gasteiger partial charge in [-0.05, 0) is 56.9 Å². The number of hydrogen-bond acceptors (Lipinski definition) is 5. The summed E-state index contributed by atoms with van der Waals surface area (Å²) in [7, 11) is 0. The van der Waals surface area contributed by atoms with Crippen molar-refractivity contribution in [3.63, 3.8) is 0 Å². The predicted molar refractivity (Wildman–Crippen MR) is 119 cm³/mol. The van der Waals surface area contributed by atoms with Gasteiger partial charge in [0, 0.05) is 17.7 Å². The van der Waals surface area contributed by atoms with Gasteiger partial charge in [0.25, 0.3) is 5.91 Å². The van der Waals surface area contributed by atoms with E-state index < -0.39 is 0 Å². The van der Waals surface area contributed by atoms with Crippen molar-refractivity contribution < 1.29 is 14.1 Å². The molecule has 3 aromatic rings. The molecule has 6 heteroatoms. The van der Waals surface area contributed by atoms with Crippen LogP contribution in [-0.2, 0) is 0 Å². The molecule has 1 aliphatic heterocycles. The molecule has 2 heterocycles. The van der Waals surface area contributed by atoms with Crippen LogP contribution in [0.3, 0.4) is 0 Å². The number of nitrogens with zero attached hydrogens (tertiary/aromatic N) is 3. The number of unbranched alkanes of at least 4 members (excludes halogenated alkanes) is 1. The van der Waals surface area contributed by atoms with Crippen LogP contribution in [0.5, 0.6) is 5.75 Å². The van der Waals surface area contributed by atoms with E-state index in [0.29, 0.717) is 30.4 Å². The number of likely N-dealkylation sites (tertiary alicyclic amines) is 1. The third-order valence-corrected chi connectivity index (χ3v) is 5.67. The monoisotopic (exact) mass is 419 g/mol. The number of rotatable bonds is 7. The van der Waals surface area contributed by atoms with Crippen LogP contribution in [0.25, 0.3) is 11.4 Å². The zero-order valence-corrected chi connectivity index (χ0v) is 18.2. The largest absolute Gasteiger partial charge is 0.494 e. The van der Waals surface area contributed by atoms with Crippen molar-refractivity contribution in [2.75, 3.05) is 13.2 Å². The predicted octanol–water partition coefficient (Wildman–Crippen LogP) is 5.59. The highest BCUT2D eigenvalue weighted by atomic mass is 16.5. The molecule has 4 rings (SSSR count). The van der Waals surface area contributed by atoms with E-state index in [9.17, 15) is 4.79 Å². The van der Waals surface area contributed by atoms with Gasteiger partial charge in [0.05, 0.1) is 6.61 Å². The van der Waals surface area contributed by atoms with E-state index in [1.165, 1.54) is 5.56 Å². The molecule has 1 aliphatic rings. The third kappa shape index (κ3) is 4.95. The first-order chi connectivity index (χ1) is 15.2. The lowest BCUT2D eigenvalue weighted by Crippen LogP contribution is -2.38. The molecule has 0 spiro atoms. The Labute approximate surface area is 183 Å². The van der Waals surface area contributed by atoms with Crippen LogP contribution in [0.2, 0.25) is 0 Å². The Hall–Kier alpha value is -3.15. The van der Waals surface area contributed by atoms with Crippen LogP contribution in [-0.4, -0.2) is 34.1 Å². The molecule has 2 aromatic carbocycles. The van der Waals surface area contributed by atoms with E-state index in [0.717, 1.165) is 43.4 Å². The highest BCUT2D eigenvalue weighted by molar-refractivity contribution is 5.94. The van der Waals surface area contributed by atoms with Gasteiger partial charge >= 0.3 is 0 Å². The maximum atomic E-state index is 13.3. The molecular weight excluding hydrogens is 390 g/mol. The van der Waals surface area contributed by atoms with Crippen LogP contribution in [0.1, 0.15) is 66.9 Å². The van der Waals surface area contributed by atoms with Crippen molar-refractivity contribution in [3.05, 3.63) is 65.5 Å². The topological polar surface area (TPSA) is 68.5 Å². The molecule has 1 unspecified atom stereocenters. The Morgan fingerprint density at radius 2 is 1.90 bits per heavy atom. The number of amides is 1. The fraction of sp³-hybridized carbons (Fsp3) is 0.400. The van der Waals surface area contributed by atoms with Gasteiger partial charge in [-0.2, -0.15) is 4.98 Å². The molecule has 0 saturated carbocycles. The fourth-order valence-electron chi connectivity index (χ4n) is 3.82. The number of benzene rings is 2. The lowest BCUT2D eigenvalue weighted by Gasteiger charge is -2.33. The van der Waals surface area contributed by atoms with Crippen LogP contribution < -0.4 is 4.74 Å². The second-order valence-corrected chi connectivity index (χ2v) is 8.06. The summed E-state index contributed by atoms with van der Waals surface area (Å²) < 4.78 is 11.3. The fourth-order valence-corrected chi connectivity index (χ4v) is 3.82. The van der Waals surface area contributed by atoms with Crippen LogP contribution >= 0.6 is 0 Å². The molecule has 1 atom stereocenters. The Bertz CT molecular complexity index is 996. The quantitative estimate of drug-likeness (QED) is 0.467. The number of carbonyl (C=O) groups is 1. The lowest BCUT2D eigenvalue weighted by molar-refractivity contribution is 0.0561. The third-order valence-electron chi connectivity index (χ3n) is 5.67. The van der Waals surface area contributed by atoms with Gasteiger partial charge in [-0.3, -0.25) is 4.79 Å². The molecule has 0 N–H and O–H groups in total. The first-order valence-corrected chi connectivity index (χ1v) is 11.1. The van der Waals surface area contributed by atoms with E-state index in [2.05, 4.69) is 17.1 Å². The molecule has 1 amide bonds. The first kappa shape index (κ1) is 21.1. The summed E-state index contributed by atoms with van der Waals surface area (Å²) in [5.41, 5.74) is 2.74. The molecule has 1 saturated heterocycles. The molecule has 6 nitrogen and oxygen atoms in total. The Balaban J connectivity index is 1.50. The molecule has 1 aromatic heterocycles. The zero-order chi connectivity index (χ0) is 21.6. The molecule has 0 radical (unpaired) electrons. The highest BCUT2D eigenvalue weighted by Gasteiger charge is 2.32.